The van der Waals surface area contributed by atoms with Crippen molar-refractivity contribution >= 4 is 35.3 Å². The number of nitrogens with one attached hydrogen (secondary N) is 2. The number of aromatic nitrogens is 3. The van der Waals surface area contributed by atoms with Gasteiger partial charge in [0.15, 0.2) is 11.5 Å². The van der Waals surface area contributed by atoms with Gasteiger partial charge in [0, 0.05) is 5.56 Å². The average molecular weight is 650 g/mol. The molecule has 2 N–H and O–H groups in total. The van der Waals surface area contributed by atoms with Gasteiger partial charge >= 0.3 is 24.0 Å². The van der Waals surface area contributed by atoms with E-state index < -0.39 is 30.0 Å². The minimum absolute atomic E-state index is 0.0528. The highest BCUT2D eigenvalue weighted by molar-refractivity contribution is 6.05. The number of benzene rings is 1. The van der Waals surface area contributed by atoms with Gasteiger partial charge in [-0.15, -0.1) is 0 Å². The summed E-state index contributed by atoms with van der Waals surface area (Å²) < 4.78 is 23.0. The van der Waals surface area contributed by atoms with E-state index in [0.29, 0.717) is 11.7 Å². The van der Waals surface area contributed by atoms with Crippen LogP contribution in [-0.4, -0.2) is 64.0 Å². The topological polar surface area (TPSA) is 155 Å². The van der Waals surface area contributed by atoms with Crippen LogP contribution in [0.3, 0.4) is 0 Å². The molecule has 2 unspecified atom stereocenters. The van der Waals surface area contributed by atoms with Crippen molar-refractivity contribution in [3.8, 4) is 17.3 Å². The molecule has 0 radical (unpaired) electrons. The highest BCUT2D eigenvalue weighted by Crippen LogP contribution is 2.41. The average Bonchev–Trinajstić information content (AvgIpc) is 3.52. The molecule has 4 rings (SSSR count). The van der Waals surface area contributed by atoms with E-state index >= 15 is 0 Å². The van der Waals surface area contributed by atoms with Crippen LogP contribution in [0.25, 0.3) is 21.9 Å². The molecule has 13 heteroatoms. The number of aromatic amines is 1. The van der Waals surface area contributed by atoms with Crippen molar-refractivity contribution in [2.45, 2.75) is 86.3 Å². The van der Waals surface area contributed by atoms with E-state index in [9.17, 15) is 19.2 Å². The zero-order chi connectivity index (χ0) is 34.4. The van der Waals surface area contributed by atoms with Crippen LogP contribution in [0.15, 0.2) is 18.2 Å². The van der Waals surface area contributed by atoms with Crippen LogP contribution < -0.4 is 10.1 Å². The summed E-state index contributed by atoms with van der Waals surface area (Å²) in [6.45, 7) is 21.6. The molecule has 1 aliphatic rings. The second-order valence-electron chi connectivity index (χ2n) is 12.4. The molecule has 1 fully saturated rings. The van der Waals surface area contributed by atoms with E-state index in [4.69, 9.17) is 25.5 Å². The standard InChI is InChI=1S/C34H43N5O8/c1-9-44-25(40)16-24(17-26(41)45-10-2)36-34(43)47-32-28(35-8)27(33(42)46-29-21(6)12-20(5)13-22(29)7)31-37-30(38-39(31)32)23-14-18(3)11-19(4)15-23/h11,14-15,20-22,24,29H,9-10,12-13,16-17H2,1-7H3,(H,36,43)(H,37,38). The third-order valence-electron chi connectivity index (χ3n) is 8.19. The van der Waals surface area contributed by atoms with Crippen LogP contribution in [0, 0.1) is 38.2 Å². The molecule has 0 aliphatic heterocycles. The number of aryl methyl sites for hydroxylation is 2. The van der Waals surface area contributed by atoms with Crippen molar-refractivity contribution in [2.75, 3.05) is 13.2 Å². The van der Waals surface area contributed by atoms with Crippen LogP contribution in [0.4, 0.5) is 10.5 Å². The third-order valence-corrected chi connectivity index (χ3v) is 8.19. The maximum absolute atomic E-state index is 13.9. The first-order chi connectivity index (χ1) is 22.3. The van der Waals surface area contributed by atoms with Gasteiger partial charge in [0.05, 0.1) is 38.7 Å². The van der Waals surface area contributed by atoms with Crippen molar-refractivity contribution in [1.82, 2.24) is 19.9 Å². The summed E-state index contributed by atoms with van der Waals surface area (Å²) in [5.74, 6) is -1.23. The van der Waals surface area contributed by atoms with Crippen molar-refractivity contribution in [3.05, 3.63) is 46.3 Å². The van der Waals surface area contributed by atoms with Gasteiger partial charge in [0.2, 0.25) is 5.88 Å². The highest BCUT2D eigenvalue weighted by atomic mass is 16.6. The van der Waals surface area contributed by atoms with E-state index in [1.807, 2.05) is 45.9 Å². The SMILES string of the molecule is [C-]#[N+]c1c(C(=O)OC2C(C)CC(C)CC2C)c2nc(-c3cc(C)cc(C)c3)[nH]n2c1OC(=O)NC(CC(=O)OCC)CC(=O)OCC. The van der Waals surface area contributed by atoms with Crippen molar-refractivity contribution in [3.63, 3.8) is 0 Å². The van der Waals surface area contributed by atoms with Crippen LogP contribution in [0.1, 0.15) is 81.8 Å². The lowest BCUT2D eigenvalue weighted by Crippen LogP contribution is -2.40. The Kier molecular flexibility index (Phi) is 11.3. The Labute approximate surface area is 274 Å². The lowest BCUT2D eigenvalue weighted by Gasteiger charge is -2.37. The molecule has 1 amide bonds. The summed E-state index contributed by atoms with van der Waals surface area (Å²) in [5, 5.41) is 5.57. The van der Waals surface area contributed by atoms with E-state index in [1.54, 1.807) is 13.8 Å². The van der Waals surface area contributed by atoms with Gasteiger partial charge in [0.1, 0.15) is 11.7 Å². The molecule has 1 saturated carbocycles. The summed E-state index contributed by atoms with van der Waals surface area (Å²) in [7, 11) is 0. The molecule has 0 saturated heterocycles. The lowest BCUT2D eigenvalue weighted by atomic mass is 9.75. The molecular weight excluding hydrogens is 606 g/mol. The lowest BCUT2D eigenvalue weighted by molar-refractivity contribution is -0.145. The van der Waals surface area contributed by atoms with E-state index in [0.717, 1.165) is 29.5 Å². The Morgan fingerprint density at radius 2 is 1.57 bits per heavy atom. The summed E-state index contributed by atoms with van der Waals surface area (Å²) >= 11 is 0. The van der Waals surface area contributed by atoms with Crippen molar-refractivity contribution in [1.29, 1.82) is 0 Å². The molecule has 0 bridgehead atoms. The van der Waals surface area contributed by atoms with Crippen LogP contribution in [0.5, 0.6) is 5.88 Å². The predicted molar refractivity (Wildman–Crippen MR) is 172 cm³/mol. The Morgan fingerprint density at radius 3 is 2.11 bits per heavy atom. The first-order valence-electron chi connectivity index (χ1n) is 16.0. The second kappa shape index (κ2) is 15.2. The smallest absolute Gasteiger partial charge is 0.413 e. The van der Waals surface area contributed by atoms with E-state index in [1.165, 1.54) is 4.52 Å². The monoisotopic (exact) mass is 649 g/mol. The molecule has 2 aromatic heterocycles. The molecule has 47 heavy (non-hydrogen) atoms. The summed E-state index contributed by atoms with van der Waals surface area (Å²) in [5.41, 5.74) is 2.34. The van der Waals surface area contributed by atoms with Gasteiger partial charge in [0.25, 0.3) is 5.69 Å². The number of hydrogen-bond acceptors (Lipinski definition) is 9. The number of amides is 1. The summed E-state index contributed by atoms with van der Waals surface area (Å²) in [6.07, 6.45) is -0.292. The quantitative estimate of drug-likeness (QED) is 0.143. The van der Waals surface area contributed by atoms with Crippen molar-refractivity contribution < 1.29 is 38.1 Å². The Morgan fingerprint density at radius 1 is 1.00 bits per heavy atom. The largest absolute Gasteiger partial charge is 0.466 e. The number of fused-ring (bicyclic) bond motifs is 1. The number of esters is 3. The summed E-state index contributed by atoms with van der Waals surface area (Å²) in [4.78, 5) is 59.9. The second-order valence-corrected chi connectivity index (χ2v) is 12.4. The number of carbonyl (C=O) groups is 4. The molecule has 1 aromatic carbocycles. The highest BCUT2D eigenvalue weighted by Gasteiger charge is 2.37. The van der Waals surface area contributed by atoms with Gasteiger partial charge in [-0.2, -0.15) is 0 Å². The first kappa shape index (κ1) is 35.0. The molecule has 13 nitrogen and oxygen atoms in total. The number of rotatable bonds is 11. The fourth-order valence-electron chi connectivity index (χ4n) is 6.51. The number of ether oxygens (including phenoxy) is 4. The number of carbonyl (C=O) groups excluding carboxylic acids is 4. The van der Waals surface area contributed by atoms with Gasteiger partial charge in [-0.1, -0.05) is 38.0 Å². The maximum Gasteiger partial charge on any atom is 0.413 e. The molecule has 252 valence electrons. The molecule has 2 atom stereocenters. The normalized spacial score (nSPS) is 19.2. The van der Waals surface area contributed by atoms with Crippen LogP contribution in [-0.2, 0) is 23.8 Å². The third kappa shape index (κ3) is 8.30. The first-order valence-corrected chi connectivity index (χ1v) is 16.0. The number of nitrogens with zero attached hydrogens (tertiary/aromatic N) is 3. The minimum Gasteiger partial charge on any atom is -0.466 e. The van der Waals surface area contributed by atoms with Crippen LogP contribution in [0.2, 0.25) is 0 Å². The van der Waals surface area contributed by atoms with Gasteiger partial charge in [-0.05, 0) is 70.4 Å². The molecule has 0 spiro atoms. The zero-order valence-electron chi connectivity index (χ0n) is 28.0. The maximum atomic E-state index is 13.9. The molecule has 3 aromatic rings. The number of hydrogen-bond donors (Lipinski definition) is 2. The zero-order valence-corrected chi connectivity index (χ0v) is 28.0. The molecule has 2 heterocycles. The van der Waals surface area contributed by atoms with Gasteiger partial charge < -0.3 is 24.3 Å². The minimum atomic E-state index is -1.07. The van der Waals surface area contributed by atoms with E-state index in [2.05, 4.69) is 27.2 Å². The number of H-pyrrole nitrogens is 1. The van der Waals surface area contributed by atoms with Crippen molar-refractivity contribution in [2.24, 2.45) is 17.8 Å². The van der Waals surface area contributed by atoms with Crippen LogP contribution >= 0.6 is 0 Å². The van der Waals surface area contributed by atoms with E-state index in [-0.39, 0.29) is 66.8 Å². The summed E-state index contributed by atoms with van der Waals surface area (Å²) in [6, 6.07) is 4.80. The Balaban J connectivity index is 1.74. The van der Waals surface area contributed by atoms with Gasteiger partial charge in [-0.25, -0.2) is 23.9 Å². The fraction of sp³-hybridized carbons (Fsp3) is 0.529. The fourth-order valence-corrected chi connectivity index (χ4v) is 6.51. The molecule has 1 aliphatic carbocycles. The molecular formula is C34H43N5O8. The Bertz CT molecular complexity index is 1630. The predicted octanol–water partition coefficient (Wildman–Crippen LogP) is 6.09. The Hall–Kier alpha value is -4.86. The van der Waals surface area contributed by atoms with Gasteiger partial charge in [-0.3, -0.25) is 14.7 Å².